The summed E-state index contributed by atoms with van der Waals surface area (Å²) in [6, 6.07) is 0.0665. The van der Waals surface area contributed by atoms with E-state index in [0.29, 0.717) is 0 Å². The van der Waals surface area contributed by atoms with Gasteiger partial charge in [0, 0.05) is 27.2 Å². The summed E-state index contributed by atoms with van der Waals surface area (Å²) >= 11 is 5.11. The zero-order valence-electron chi connectivity index (χ0n) is 15.8. The fraction of sp³-hybridized carbons (Fsp3) is 0.375. The van der Waals surface area contributed by atoms with E-state index in [0.717, 1.165) is 23.6 Å². The lowest BCUT2D eigenvalue weighted by Gasteiger charge is -2.09. The summed E-state index contributed by atoms with van der Waals surface area (Å²) in [4.78, 5) is 43.4. The Morgan fingerprint density at radius 3 is 2.55 bits per heavy atom. The molecule has 3 aromatic heterocycles. The minimum absolute atomic E-state index is 0.0555. The molecule has 29 heavy (non-hydrogen) atoms. The maximum atomic E-state index is 12.4. The zero-order valence-corrected chi connectivity index (χ0v) is 16.6. The van der Waals surface area contributed by atoms with Crippen molar-refractivity contribution in [3.05, 3.63) is 41.5 Å². The SMILES string of the molecule is Cn1c(=O)c2c(nc(N/N=C/c3c(O)n(C4CC4)c(=S)[nH]c3=O)n2C)n(C)c1=O. The van der Waals surface area contributed by atoms with Crippen molar-refractivity contribution in [2.24, 2.45) is 26.2 Å². The zero-order chi connectivity index (χ0) is 21.0. The van der Waals surface area contributed by atoms with Gasteiger partial charge in [0.2, 0.25) is 11.8 Å². The van der Waals surface area contributed by atoms with Crippen LogP contribution in [-0.2, 0) is 21.1 Å². The van der Waals surface area contributed by atoms with Crippen LogP contribution in [0.1, 0.15) is 24.4 Å². The van der Waals surface area contributed by atoms with Gasteiger partial charge in [-0.25, -0.2) is 10.2 Å². The second-order valence-electron chi connectivity index (χ2n) is 6.84. The molecule has 4 rings (SSSR count). The smallest absolute Gasteiger partial charge is 0.332 e. The van der Waals surface area contributed by atoms with Crippen LogP contribution in [0.15, 0.2) is 19.5 Å². The van der Waals surface area contributed by atoms with E-state index in [4.69, 9.17) is 12.2 Å². The van der Waals surface area contributed by atoms with Crippen molar-refractivity contribution < 1.29 is 5.11 Å². The van der Waals surface area contributed by atoms with Gasteiger partial charge in [-0.15, -0.1) is 0 Å². The fourth-order valence-electron chi connectivity index (χ4n) is 3.11. The lowest BCUT2D eigenvalue weighted by Crippen LogP contribution is -2.37. The second kappa shape index (κ2) is 6.55. The lowest BCUT2D eigenvalue weighted by molar-refractivity contribution is 0.405. The van der Waals surface area contributed by atoms with Crippen LogP contribution in [0.25, 0.3) is 11.2 Å². The number of nitrogens with one attached hydrogen (secondary N) is 2. The minimum atomic E-state index is -0.573. The monoisotopic (exact) mass is 418 g/mol. The number of fused-ring (bicyclic) bond motifs is 1. The van der Waals surface area contributed by atoms with Crippen molar-refractivity contribution in [1.29, 1.82) is 0 Å². The molecule has 0 amide bonds. The number of H-pyrrole nitrogens is 1. The predicted octanol–water partition coefficient (Wildman–Crippen LogP) is -0.324. The molecule has 0 aliphatic heterocycles. The number of hydrogen-bond donors (Lipinski definition) is 3. The van der Waals surface area contributed by atoms with Crippen molar-refractivity contribution in [2.75, 3.05) is 5.43 Å². The van der Waals surface area contributed by atoms with E-state index >= 15 is 0 Å². The molecule has 0 atom stereocenters. The maximum absolute atomic E-state index is 12.4. The number of rotatable bonds is 4. The molecule has 1 saturated carbocycles. The Labute approximate surface area is 167 Å². The Bertz CT molecular complexity index is 1420. The fourth-order valence-corrected chi connectivity index (χ4v) is 3.44. The molecule has 0 aromatic carbocycles. The van der Waals surface area contributed by atoms with Gasteiger partial charge >= 0.3 is 5.69 Å². The van der Waals surface area contributed by atoms with Crippen LogP contribution in [0.4, 0.5) is 5.95 Å². The molecule has 13 heteroatoms. The van der Waals surface area contributed by atoms with Gasteiger partial charge in [-0.05, 0) is 25.1 Å². The number of hydrazone groups is 1. The quantitative estimate of drug-likeness (QED) is 0.299. The third-order valence-electron chi connectivity index (χ3n) is 4.90. The summed E-state index contributed by atoms with van der Waals surface area (Å²) in [7, 11) is 4.49. The largest absolute Gasteiger partial charge is 0.494 e. The van der Waals surface area contributed by atoms with Gasteiger partial charge in [-0.3, -0.25) is 28.3 Å². The van der Waals surface area contributed by atoms with Crippen LogP contribution in [0.3, 0.4) is 0 Å². The van der Waals surface area contributed by atoms with Crippen LogP contribution in [-0.4, -0.2) is 39.6 Å². The number of aromatic hydroxyl groups is 1. The average Bonchev–Trinajstić information content (AvgIpc) is 3.44. The summed E-state index contributed by atoms with van der Waals surface area (Å²) in [6.45, 7) is 0. The number of aromatic nitrogens is 6. The Balaban J connectivity index is 1.74. The van der Waals surface area contributed by atoms with E-state index in [-0.39, 0.29) is 39.4 Å². The third kappa shape index (κ3) is 2.90. The van der Waals surface area contributed by atoms with E-state index in [1.54, 1.807) is 7.05 Å². The first-order valence-corrected chi connectivity index (χ1v) is 9.12. The Hall–Kier alpha value is -3.48. The summed E-state index contributed by atoms with van der Waals surface area (Å²) in [5, 5.41) is 14.4. The topological polar surface area (TPSA) is 144 Å². The van der Waals surface area contributed by atoms with Crippen molar-refractivity contribution in [1.82, 2.24) is 28.2 Å². The van der Waals surface area contributed by atoms with Gasteiger partial charge < -0.3 is 9.67 Å². The number of aromatic amines is 1. The normalized spacial score (nSPS) is 14.2. The van der Waals surface area contributed by atoms with Crippen LogP contribution in [0.5, 0.6) is 5.88 Å². The molecular formula is C16H18N8O4S. The number of aryl methyl sites for hydroxylation is 2. The molecule has 3 aromatic rings. The van der Waals surface area contributed by atoms with Crippen LogP contribution >= 0.6 is 12.2 Å². The molecule has 1 aliphatic rings. The maximum Gasteiger partial charge on any atom is 0.332 e. The van der Waals surface area contributed by atoms with Gasteiger partial charge in [0.05, 0.1) is 6.21 Å². The Kier molecular flexibility index (Phi) is 4.26. The molecule has 3 heterocycles. The molecule has 0 radical (unpaired) electrons. The standard InChI is InChI=1S/C16H18N8O4S/c1-21-9-10(22(2)16(28)23(3)13(9)27)18-14(21)20-17-6-8-11(25)19-15(29)24(12(8)26)7-4-5-7/h6-7,26H,4-5H2,1-3H3,(H,18,20)(H,19,25,29)/b17-6+. The van der Waals surface area contributed by atoms with E-state index in [9.17, 15) is 19.5 Å². The summed E-state index contributed by atoms with van der Waals surface area (Å²) in [5.74, 6) is -0.0755. The van der Waals surface area contributed by atoms with Crippen molar-refractivity contribution >= 4 is 35.5 Å². The highest BCUT2D eigenvalue weighted by atomic mass is 32.1. The third-order valence-corrected chi connectivity index (χ3v) is 5.20. The van der Waals surface area contributed by atoms with E-state index in [2.05, 4.69) is 20.5 Å². The molecule has 1 fully saturated rings. The molecular weight excluding hydrogens is 400 g/mol. The first kappa shape index (κ1) is 18.9. The molecule has 0 unspecified atom stereocenters. The number of anilines is 1. The van der Waals surface area contributed by atoms with Gasteiger partial charge in [0.1, 0.15) is 5.56 Å². The van der Waals surface area contributed by atoms with Crippen molar-refractivity contribution in [2.45, 2.75) is 18.9 Å². The second-order valence-corrected chi connectivity index (χ2v) is 7.23. The molecule has 0 bridgehead atoms. The molecule has 0 saturated heterocycles. The van der Waals surface area contributed by atoms with Crippen molar-refractivity contribution in [3.8, 4) is 5.88 Å². The first-order valence-electron chi connectivity index (χ1n) is 8.71. The summed E-state index contributed by atoms with van der Waals surface area (Å²) in [5.41, 5.74) is 1.43. The summed E-state index contributed by atoms with van der Waals surface area (Å²) < 4.78 is 5.35. The molecule has 0 spiro atoms. The van der Waals surface area contributed by atoms with Crippen LogP contribution in [0, 0.1) is 4.77 Å². The Morgan fingerprint density at radius 2 is 1.90 bits per heavy atom. The highest BCUT2D eigenvalue weighted by molar-refractivity contribution is 7.71. The van der Waals surface area contributed by atoms with Gasteiger partial charge in [0.25, 0.3) is 11.1 Å². The van der Waals surface area contributed by atoms with E-state index in [1.165, 1.54) is 27.8 Å². The average molecular weight is 418 g/mol. The highest BCUT2D eigenvalue weighted by Crippen LogP contribution is 2.37. The van der Waals surface area contributed by atoms with Crippen molar-refractivity contribution in [3.63, 3.8) is 0 Å². The lowest BCUT2D eigenvalue weighted by atomic mass is 10.3. The molecule has 152 valence electrons. The summed E-state index contributed by atoms with van der Waals surface area (Å²) in [6.07, 6.45) is 2.89. The first-order chi connectivity index (χ1) is 13.7. The number of hydrogen-bond acceptors (Lipinski definition) is 8. The Morgan fingerprint density at radius 1 is 1.21 bits per heavy atom. The van der Waals surface area contributed by atoms with E-state index < -0.39 is 16.8 Å². The number of nitrogens with zero attached hydrogens (tertiary/aromatic N) is 6. The van der Waals surface area contributed by atoms with E-state index in [1.807, 2.05) is 0 Å². The van der Waals surface area contributed by atoms with Crippen LogP contribution < -0.4 is 22.2 Å². The molecule has 12 nitrogen and oxygen atoms in total. The van der Waals surface area contributed by atoms with Gasteiger partial charge in [0.15, 0.2) is 15.9 Å². The van der Waals surface area contributed by atoms with Gasteiger partial charge in [-0.2, -0.15) is 10.1 Å². The predicted molar refractivity (Wildman–Crippen MR) is 108 cm³/mol. The van der Waals surface area contributed by atoms with Gasteiger partial charge in [-0.1, -0.05) is 0 Å². The number of imidazole rings is 1. The molecule has 3 N–H and O–H groups in total. The molecule has 1 aliphatic carbocycles. The van der Waals surface area contributed by atoms with Crippen LogP contribution in [0.2, 0.25) is 0 Å². The highest BCUT2D eigenvalue weighted by Gasteiger charge is 2.27. The minimum Gasteiger partial charge on any atom is -0.494 e.